The maximum Gasteiger partial charge on any atom is 0.326 e. The predicted octanol–water partition coefficient (Wildman–Crippen LogP) is 2.83. The first-order valence-electron chi connectivity index (χ1n) is 9.93. The van der Waals surface area contributed by atoms with E-state index in [9.17, 15) is 14.7 Å². The van der Waals surface area contributed by atoms with Gasteiger partial charge in [-0.2, -0.15) is 0 Å². The van der Waals surface area contributed by atoms with Crippen LogP contribution in [0, 0.1) is 26.2 Å². The summed E-state index contributed by atoms with van der Waals surface area (Å²) >= 11 is 0. The lowest BCUT2D eigenvalue weighted by Gasteiger charge is -2.33. The van der Waals surface area contributed by atoms with Crippen LogP contribution in [0.2, 0.25) is 0 Å². The molecule has 0 unspecified atom stereocenters. The first-order valence-corrected chi connectivity index (χ1v) is 9.93. The fourth-order valence-corrected chi connectivity index (χ4v) is 5.02. The minimum Gasteiger partial charge on any atom is -0.480 e. The summed E-state index contributed by atoms with van der Waals surface area (Å²) in [6.45, 7) is 8.14. The van der Waals surface area contributed by atoms with Crippen molar-refractivity contribution in [2.75, 3.05) is 19.6 Å². The molecule has 2 aliphatic heterocycles. The van der Waals surface area contributed by atoms with Gasteiger partial charge in [-0.05, 0) is 81.8 Å². The number of piperidine rings is 1. The van der Waals surface area contributed by atoms with Gasteiger partial charge in [0.05, 0.1) is 11.1 Å². The van der Waals surface area contributed by atoms with Crippen molar-refractivity contribution in [2.24, 2.45) is 5.41 Å². The molecule has 6 nitrogen and oxygen atoms in total. The minimum absolute atomic E-state index is 0.0898. The van der Waals surface area contributed by atoms with Crippen molar-refractivity contribution in [2.45, 2.75) is 46.1 Å². The van der Waals surface area contributed by atoms with Crippen LogP contribution in [0.5, 0.6) is 0 Å². The topological polar surface area (TPSA) is 82.5 Å². The second-order valence-electron chi connectivity index (χ2n) is 8.53. The number of carboxylic acid groups (broad SMARTS) is 1. The number of hydrogen-bond acceptors (Lipinski definition) is 4. The monoisotopic (exact) mass is 381 g/mol. The number of likely N-dealkylation sites (tertiary alicyclic amines) is 1. The lowest BCUT2D eigenvalue weighted by molar-refractivity contribution is -0.141. The molecule has 6 heteroatoms. The van der Waals surface area contributed by atoms with E-state index in [2.05, 4.69) is 10.3 Å². The molecule has 3 heterocycles. The maximum absolute atomic E-state index is 13.6. The fraction of sp³-hybridized carbons (Fsp3) is 0.500. The first-order chi connectivity index (χ1) is 13.3. The molecule has 2 N–H and O–H groups in total. The maximum atomic E-state index is 13.6. The Morgan fingerprint density at radius 1 is 1.18 bits per heavy atom. The third-order valence-corrected chi connectivity index (χ3v) is 6.33. The Hall–Kier alpha value is -2.47. The zero-order valence-electron chi connectivity index (χ0n) is 16.7. The molecule has 1 aromatic heterocycles. The van der Waals surface area contributed by atoms with E-state index in [-0.39, 0.29) is 11.3 Å². The molecule has 1 spiro atoms. The van der Waals surface area contributed by atoms with E-state index >= 15 is 0 Å². The van der Waals surface area contributed by atoms with E-state index in [0.29, 0.717) is 18.5 Å². The lowest BCUT2D eigenvalue weighted by atomic mass is 9.77. The van der Waals surface area contributed by atoms with Crippen LogP contribution in [0.15, 0.2) is 18.2 Å². The minimum atomic E-state index is -0.911. The van der Waals surface area contributed by atoms with Crippen molar-refractivity contribution >= 4 is 22.8 Å². The van der Waals surface area contributed by atoms with E-state index in [1.807, 2.05) is 32.9 Å². The van der Waals surface area contributed by atoms with Crippen LogP contribution in [-0.4, -0.2) is 52.5 Å². The van der Waals surface area contributed by atoms with Gasteiger partial charge in [-0.25, -0.2) is 4.79 Å². The van der Waals surface area contributed by atoms with Gasteiger partial charge in [0.15, 0.2) is 0 Å². The molecule has 0 aliphatic carbocycles. The van der Waals surface area contributed by atoms with E-state index in [4.69, 9.17) is 0 Å². The van der Waals surface area contributed by atoms with E-state index in [1.165, 1.54) is 0 Å². The summed E-state index contributed by atoms with van der Waals surface area (Å²) in [5, 5.41) is 14.0. The zero-order chi connectivity index (χ0) is 20.1. The highest BCUT2D eigenvalue weighted by molar-refractivity contribution is 6.08. The van der Waals surface area contributed by atoms with Crippen molar-refractivity contribution in [3.05, 3.63) is 40.6 Å². The summed E-state index contributed by atoms with van der Waals surface area (Å²) in [4.78, 5) is 31.8. The number of rotatable bonds is 2. The SMILES string of the molecule is Cc1cc(C)c2c(C(=O)N3CC4(CCNCC4)C[C@H]3C(=O)O)cc(C)nc2c1. The quantitative estimate of drug-likeness (QED) is 0.836. The Kier molecular flexibility index (Phi) is 4.62. The summed E-state index contributed by atoms with van der Waals surface area (Å²) in [6, 6.07) is 5.07. The van der Waals surface area contributed by atoms with Crippen molar-refractivity contribution in [3.8, 4) is 0 Å². The van der Waals surface area contributed by atoms with Crippen LogP contribution in [0.1, 0.15) is 46.4 Å². The van der Waals surface area contributed by atoms with Crippen molar-refractivity contribution in [3.63, 3.8) is 0 Å². The molecule has 0 bridgehead atoms. The summed E-state index contributed by atoms with van der Waals surface area (Å²) in [5.74, 6) is -1.10. The molecule has 1 atom stereocenters. The highest BCUT2D eigenvalue weighted by Crippen LogP contribution is 2.43. The standard InChI is InChI=1S/C22H27N3O3/c1-13-8-14(2)19-16(10-15(3)24-17(19)9-13)20(26)25-12-22(4-6-23-7-5-22)11-18(25)21(27)28/h8-10,18,23H,4-7,11-12H2,1-3H3,(H,27,28)/t18-/m0/s1. The third kappa shape index (κ3) is 3.15. The number of carboxylic acids is 1. The number of nitrogens with zero attached hydrogens (tertiary/aromatic N) is 2. The molecule has 2 saturated heterocycles. The molecular formula is C22H27N3O3. The van der Waals surface area contributed by atoms with Gasteiger partial charge in [0.25, 0.3) is 5.91 Å². The van der Waals surface area contributed by atoms with Crippen LogP contribution in [-0.2, 0) is 4.79 Å². The van der Waals surface area contributed by atoms with E-state index in [0.717, 1.165) is 53.7 Å². The van der Waals surface area contributed by atoms with Gasteiger partial charge in [-0.15, -0.1) is 0 Å². The second-order valence-corrected chi connectivity index (χ2v) is 8.53. The van der Waals surface area contributed by atoms with Crippen molar-refractivity contribution < 1.29 is 14.7 Å². The molecule has 28 heavy (non-hydrogen) atoms. The summed E-state index contributed by atoms with van der Waals surface area (Å²) in [5.41, 5.74) is 4.13. The predicted molar refractivity (Wildman–Crippen MR) is 108 cm³/mol. The number of benzene rings is 1. The molecule has 1 aromatic carbocycles. The van der Waals surface area contributed by atoms with E-state index < -0.39 is 12.0 Å². The number of carbonyl (C=O) groups excluding carboxylic acids is 1. The number of hydrogen-bond donors (Lipinski definition) is 2. The summed E-state index contributed by atoms with van der Waals surface area (Å²) in [7, 11) is 0. The Morgan fingerprint density at radius 2 is 1.89 bits per heavy atom. The number of carbonyl (C=O) groups is 2. The molecule has 0 radical (unpaired) electrons. The molecule has 4 rings (SSSR count). The zero-order valence-corrected chi connectivity index (χ0v) is 16.7. The smallest absolute Gasteiger partial charge is 0.326 e. The third-order valence-electron chi connectivity index (χ3n) is 6.33. The van der Waals surface area contributed by atoms with Crippen LogP contribution in [0.4, 0.5) is 0 Å². The van der Waals surface area contributed by atoms with Crippen LogP contribution in [0.3, 0.4) is 0 Å². The Balaban J connectivity index is 1.79. The van der Waals surface area contributed by atoms with Gasteiger partial charge >= 0.3 is 5.97 Å². The summed E-state index contributed by atoms with van der Waals surface area (Å²) < 4.78 is 0. The van der Waals surface area contributed by atoms with Gasteiger partial charge in [-0.1, -0.05) is 6.07 Å². The first kappa shape index (κ1) is 18.9. The average molecular weight is 381 g/mol. The Labute approximate surface area is 164 Å². The van der Waals surface area contributed by atoms with Gasteiger partial charge in [0, 0.05) is 17.6 Å². The van der Waals surface area contributed by atoms with Gasteiger partial charge in [0.2, 0.25) is 0 Å². The number of amides is 1. The van der Waals surface area contributed by atoms with E-state index in [1.54, 1.807) is 11.0 Å². The molecule has 148 valence electrons. The fourth-order valence-electron chi connectivity index (χ4n) is 5.02. The number of aliphatic carboxylic acids is 1. The lowest BCUT2D eigenvalue weighted by Crippen LogP contribution is -2.42. The molecule has 2 aromatic rings. The normalized spacial score (nSPS) is 21.4. The van der Waals surface area contributed by atoms with Crippen LogP contribution < -0.4 is 5.32 Å². The van der Waals surface area contributed by atoms with Gasteiger partial charge in [0.1, 0.15) is 6.04 Å². The molecule has 2 fully saturated rings. The summed E-state index contributed by atoms with van der Waals surface area (Å²) in [6.07, 6.45) is 2.36. The molecular weight excluding hydrogens is 354 g/mol. The number of fused-ring (bicyclic) bond motifs is 1. The highest BCUT2D eigenvalue weighted by atomic mass is 16.4. The Bertz CT molecular complexity index is 958. The molecule has 0 saturated carbocycles. The second kappa shape index (κ2) is 6.85. The largest absolute Gasteiger partial charge is 0.480 e. The number of nitrogens with one attached hydrogen (secondary N) is 1. The molecule has 2 aliphatic rings. The average Bonchev–Trinajstić information content (AvgIpc) is 2.99. The van der Waals surface area contributed by atoms with Crippen molar-refractivity contribution in [1.29, 1.82) is 0 Å². The molecule has 1 amide bonds. The van der Waals surface area contributed by atoms with Gasteiger partial charge < -0.3 is 15.3 Å². The van der Waals surface area contributed by atoms with Crippen LogP contribution >= 0.6 is 0 Å². The van der Waals surface area contributed by atoms with Crippen LogP contribution in [0.25, 0.3) is 10.9 Å². The van der Waals surface area contributed by atoms with Gasteiger partial charge in [-0.3, -0.25) is 9.78 Å². The highest BCUT2D eigenvalue weighted by Gasteiger charge is 2.49. The Morgan fingerprint density at radius 3 is 2.57 bits per heavy atom. The number of pyridine rings is 1. The number of aryl methyl sites for hydroxylation is 3. The van der Waals surface area contributed by atoms with Crippen molar-refractivity contribution in [1.82, 2.24) is 15.2 Å². The number of aromatic nitrogens is 1.